The number of nitrogens with two attached hydrogens (primary N) is 1. The SMILES string of the molecule is Cc1c(C(N)=S)ccc2c1Nc1ccccc1S2. The summed E-state index contributed by atoms with van der Waals surface area (Å²) in [4.78, 5) is 2.90. The Balaban J connectivity index is 2.14. The summed E-state index contributed by atoms with van der Waals surface area (Å²) in [7, 11) is 0. The van der Waals surface area contributed by atoms with Crippen LogP contribution in [-0.4, -0.2) is 4.99 Å². The monoisotopic (exact) mass is 272 g/mol. The summed E-state index contributed by atoms with van der Waals surface area (Å²) in [6, 6.07) is 12.4. The summed E-state index contributed by atoms with van der Waals surface area (Å²) in [5, 5.41) is 3.47. The highest BCUT2D eigenvalue weighted by atomic mass is 32.2. The van der Waals surface area contributed by atoms with Crippen molar-refractivity contribution in [3.8, 4) is 0 Å². The van der Waals surface area contributed by atoms with Crippen molar-refractivity contribution in [1.82, 2.24) is 0 Å². The Hall–Kier alpha value is -1.52. The molecule has 4 heteroatoms. The fourth-order valence-corrected chi connectivity index (χ4v) is 3.38. The second-order valence-electron chi connectivity index (χ2n) is 4.20. The van der Waals surface area contributed by atoms with Crippen molar-refractivity contribution in [3.05, 3.63) is 47.5 Å². The Labute approximate surface area is 116 Å². The maximum absolute atomic E-state index is 5.74. The molecule has 1 aliphatic rings. The first-order chi connectivity index (χ1) is 8.66. The van der Waals surface area contributed by atoms with E-state index in [2.05, 4.69) is 36.5 Å². The van der Waals surface area contributed by atoms with Crippen LogP contribution in [-0.2, 0) is 0 Å². The predicted octanol–water partition coefficient (Wildman–Crippen LogP) is 3.84. The lowest BCUT2D eigenvalue weighted by molar-refractivity contribution is 1.27. The van der Waals surface area contributed by atoms with E-state index in [1.54, 1.807) is 11.8 Å². The summed E-state index contributed by atoms with van der Waals surface area (Å²) < 4.78 is 0. The van der Waals surface area contributed by atoms with Crippen molar-refractivity contribution >= 4 is 40.3 Å². The van der Waals surface area contributed by atoms with E-state index in [0.29, 0.717) is 4.99 Å². The number of anilines is 2. The van der Waals surface area contributed by atoms with Crippen LogP contribution in [0.2, 0.25) is 0 Å². The Kier molecular flexibility index (Phi) is 2.76. The van der Waals surface area contributed by atoms with Crippen LogP contribution in [0.4, 0.5) is 11.4 Å². The second kappa shape index (κ2) is 4.30. The van der Waals surface area contributed by atoms with Crippen LogP contribution in [0.15, 0.2) is 46.2 Å². The molecule has 0 amide bonds. The van der Waals surface area contributed by atoms with Crippen molar-refractivity contribution < 1.29 is 0 Å². The number of thiocarbonyl (C=S) groups is 1. The highest BCUT2D eigenvalue weighted by molar-refractivity contribution is 7.99. The molecule has 3 rings (SSSR count). The molecule has 0 radical (unpaired) electrons. The largest absolute Gasteiger partial charge is 0.389 e. The summed E-state index contributed by atoms with van der Waals surface area (Å²) in [6.07, 6.45) is 0. The topological polar surface area (TPSA) is 38.0 Å². The molecule has 1 aliphatic heterocycles. The second-order valence-corrected chi connectivity index (χ2v) is 5.72. The first-order valence-corrected chi connectivity index (χ1v) is 6.86. The summed E-state index contributed by atoms with van der Waals surface area (Å²) in [5.41, 5.74) is 10.0. The minimum Gasteiger partial charge on any atom is -0.389 e. The third-order valence-corrected chi connectivity index (χ3v) is 4.41. The van der Waals surface area contributed by atoms with E-state index >= 15 is 0 Å². The fraction of sp³-hybridized carbons (Fsp3) is 0.0714. The summed E-state index contributed by atoms with van der Waals surface area (Å²) >= 11 is 6.85. The highest BCUT2D eigenvalue weighted by Crippen LogP contribution is 2.45. The zero-order chi connectivity index (χ0) is 12.7. The van der Waals surface area contributed by atoms with Crippen molar-refractivity contribution in [2.75, 3.05) is 5.32 Å². The molecule has 0 aromatic heterocycles. The maximum Gasteiger partial charge on any atom is 0.104 e. The molecule has 90 valence electrons. The van der Waals surface area contributed by atoms with Crippen LogP contribution < -0.4 is 11.1 Å². The fourth-order valence-electron chi connectivity index (χ4n) is 2.11. The molecule has 18 heavy (non-hydrogen) atoms. The lowest BCUT2D eigenvalue weighted by Gasteiger charge is -2.23. The smallest absolute Gasteiger partial charge is 0.104 e. The third kappa shape index (κ3) is 1.78. The first kappa shape index (κ1) is 11.6. The number of fused-ring (bicyclic) bond motifs is 2. The Morgan fingerprint density at radius 3 is 2.72 bits per heavy atom. The molecule has 0 spiro atoms. The van der Waals surface area contributed by atoms with Gasteiger partial charge in [-0.2, -0.15) is 0 Å². The highest BCUT2D eigenvalue weighted by Gasteiger charge is 2.18. The van der Waals surface area contributed by atoms with Crippen LogP contribution in [0.1, 0.15) is 11.1 Å². The molecule has 0 bridgehead atoms. The van der Waals surface area contributed by atoms with Gasteiger partial charge in [-0.25, -0.2) is 0 Å². The molecular weight excluding hydrogens is 260 g/mol. The van der Waals surface area contributed by atoms with Crippen LogP contribution in [0.5, 0.6) is 0 Å². The van der Waals surface area contributed by atoms with Gasteiger partial charge in [-0.15, -0.1) is 0 Å². The molecule has 0 saturated heterocycles. The van der Waals surface area contributed by atoms with Gasteiger partial charge in [0.15, 0.2) is 0 Å². The van der Waals surface area contributed by atoms with Gasteiger partial charge in [0.25, 0.3) is 0 Å². The zero-order valence-corrected chi connectivity index (χ0v) is 11.5. The van der Waals surface area contributed by atoms with Crippen molar-refractivity contribution in [3.63, 3.8) is 0 Å². The zero-order valence-electron chi connectivity index (χ0n) is 9.86. The van der Waals surface area contributed by atoms with Gasteiger partial charge in [-0.05, 0) is 30.7 Å². The molecular formula is C14H12N2S2. The third-order valence-electron chi connectivity index (χ3n) is 3.06. The molecule has 2 aromatic carbocycles. The van der Waals surface area contributed by atoms with E-state index in [1.807, 2.05) is 12.1 Å². The normalized spacial score (nSPS) is 12.3. The summed E-state index contributed by atoms with van der Waals surface area (Å²) in [6.45, 7) is 2.05. The van der Waals surface area contributed by atoms with E-state index < -0.39 is 0 Å². The molecule has 2 aromatic rings. The number of nitrogens with one attached hydrogen (secondary N) is 1. The van der Waals surface area contributed by atoms with Gasteiger partial charge >= 0.3 is 0 Å². The number of hydrogen-bond donors (Lipinski definition) is 2. The standard InChI is InChI=1S/C14H12N2S2/c1-8-9(14(15)17)6-7-12-13(8)16-10-4-2-3-5-11(10)18-12/h2-7,16H,1H3,(H2,15,17). The Morgan fingerprint density at radius 2 is 1.94 bits per heavy atom. The van der Waals surface area contributed by atoms with E-state index in [9.17, 15) is 0 Å². The quantitative estimate of drug-likeness (QED) is 0.660. The molecule has 0 fully saturated rings. The van der Waals surface area contributed by atoms with Crippen molar-refractivity contribution in [2.45, 2.75) is 16.7 Å². The number of para-hydroxylation sites is 1. The predicted molar refractivity (Wildman–Crippen MR) is 80.9 cm³/mol. The lowest BCUT2D eigenvalue weighted by atomic mass is 10.1. The molecule has 3 N–H and O–H groups in total. The molecule has 0 aliphatic carbocycles. The average molecular weight is 272 g/mol. The van der Waals surface area contributed by atoms with Crippen LogP contribution in [0, 0.1) is 6.92 Å². The molecule has 0 atom stereocenters. The minimum absolute atomic E-state index is 0.445. The van der Waals surface area contributed by atoms with Gasteiger partial charge in [-0.1, -0.05) is 42.2 Å². The molecule has 2 nitrogen and oxygen atoms in total. The first-order valence-electron chi connectivity index (χ1n) is 5.64. The lowest BCUT2D eigenvalue weighted by Crippen LogP contribution is -2.13. The van der Waals surface area contributed by atoms with Gasteiger partial charge in [0.05, 0.1) is 11.4 Å². The van der Waals surface area contributed by atoms with E-state index in [1.165, 1.54) is 9.79 Å². The number of rotatable bonds is 1. The van der Waals surface area contributed by atoms with Gasteiger partial charge in [0.1, 0.15) is 4.99 Å². The molecule has 0 unspecified atom stereocenters. The van der Waals surface area contributed by atoms with Crippen molar-refractivity contribution in [1.29, 1.82) is 0 Å². The number of benzene rings is 2. The van der Waals surface area contributed by atoms with Crippen LogP contribution in [0.25, 0.3) is 0 Å². The van der Waals surface area contributed by atoms with Gasteiger partial charge in [0.2, 0.25) is 0 Å². The van der Waals surface area contributed by atoms with E-state index in [0.717, 1.165) is 22.5 Å². The Bertz CT molecular complexity index is 650. The average Bonchev–Trinajstić information content (AvgIpc) is 2.37. The van der Waals surface area contributed by atoms with Gasteiger partial charge in [0, 0.05) is 15.4 Å². The Morgan fingerprint density at radius 1 is 1.17 bits per heavy atom. The molecule has 0 saturated carbocycles. The van der Waals surface area contributed by atoms with Crippen molar-refractivity contribution in [2.24, 2.45) is 5.73 Å². The van der Waals surface area contributed by atoms with E-state index in [4.69, 9.17) is 18.0 Å². The van der Waals surface area contributed by atoms with E-state index in [-0.39, 0.29) is 0 Å². The van der Waals surface area contributed by atoms with Crippen LogP contribution in [0.3, 0.4) is 0 Å². The van der Waals surface area contributed by atoms with Gasteiger partial charge in [-0.3, -0.25) is 0 Å². The number of hydrogen-bond acceptors (Lipinski definition) is 3. The van der Waals surface area contributed by atoms with Crippen LogP contribution >= 0.6 is 24.0 Å². The minimum atomic E-state index is 0.445. The molecule has 1 heterocycles. The summed E-state index contributed by atoms with van der Waals surface area (Å²) in [5.74, 6) is 0. The van der Waals surface area contributed by atoms with Gasteiger partial charge < -0.3 is 11.1 Å². The maximum atomic E-state index is 5.74.